The van der Waals surface area contributed by atoms with Crippen LogP contribution in [0.4, 0.5) is 5.13 Å². The van der Waals surface area contributed by atoms with Gasteiger partial charge in [-0.1, -0.05) is 11.3 Å². The summed E-state index contributed by atoms with van der Waals surface area (Å²) in [6.45, 7) is 5.95. The number of nitrogens with one attached hydrogen (secondary N) is 1. The summed E-state index contributed by atoms with van der Waals surface area (Å²) in [5.74, 6) is -1.47. The van der Waals surface area contributed by atoms with Crippen molar-refractivity contribution < 1.29 is 19.4 Å². The minimum absolute atomic E-state index is 0.00505. The molecule has 104 valence electrons. The molecule has 0 bridgehead atoms. The predicted octanol–water partition coefficient (Wildman–Crippen LogP) is 2.02. The predicted molar refractivity (Wildman–Crippen MR) is 71.1 cm³/mol. The number of anilines is 1. The summed E-state index contributed by atoms with van der Waals surface area (Å²) < 4.78 is 5.50. The van der Waals surface area contributed by atoms with E-state index in [1.165, 1.54) is 6.92 Å². The molecule has 0 saturated carbocycles. The van der Waals surface area contributed by atoms with Gasteiger partial charge < -0.3 is 15.2 Å². The first-order valence-corrected chi connectivity index (χ1v) is 6.80. The van der Waals surface area contributed by atoms with Crippen molar-refractivity contribution in [1.82, 2.24) is 4.98 Å². The molecule has 2 unspecified atom stereocenters. The van der Waals surface area contributed by atoms with Crippen LogP contribution in [0.1, 0.15) is 47.4 Å². The van der Waals surface area contributed by atoms with Crippen LogP contribution in [0.3, 0.4) is 0 Å². The van der Waals surface area contributed by atoms with Crippen LogP contribution in [0.5, 0.6) is 0 Å². The molecule has 2 rings (SSSR count). The van der Waals surface area contributed by atoms with Crippen LogP contribution in [0.2, 0.25) is 0 Å². The van der Waals surface area contributed by atoms with Crippen LogP contribution in [-0.4, -0.2) is 40.1 Å². The number of aromatic nitrogens is 1. The minimum atomic E-state index is -1.18. The molecular weight excluding hydrogens is 268 g/mol. The largest absolute Gasteiger partial charge is 0.476 e. The first-order valence-electron chi connectivity index (χ1n) is 5.98. The number of carboxylic acid groups (broad SMARTS) is 1. The molecule has 19 heavy (non-hydrogen) atoms. The molecule has 0 amide bonds. The molecule has 6 nitrogen and oxygen atoms in total. The van der Waals surface area contributed by atoms with Gasteiger partial charge in [0.2, 0.25) is 0 Å². The Labute approximate surface area is 114 Å². The molecule has 1 fully saturated rings. The first-order chi connectivity index (χ1) is 8.83. The van der Waals surface area contributed by atoms with Crippen molar-refractivity contribution >= 4 is 28.2 Å². The summed E-state index contributed by atoms with van der Waals surface area (Å²) in [5.41, 5.74) is -0.475. The number of carbonyl (C=O) groups is 2. The molecule has 1 aromatic rings. The molecular formula is C12H16N2O4S. The Morgan fingerprint density at radius 2 is 2.26 bits per heavy atom. The van der Waals surface area contributed by atoms with Crippen molar-refractivity contribution in [3.63, 3.8) is 0 Å². The summed E-state index contributed by atoms with van der Waals surface area (Å²) in [7, 11) is 0. The number of Topliss-reactive ketones (excluding diaryl/α,β-unsaturated/α-hetero) is 1. The number of carbonyl (C=O) groups excluding carboxylic acids is 1. The standard InChI is InChI=1S/C12H16N2O4S/c1-6(15)9-8(10(16)17)13-11(19-9)14-12(3)4-5-18-7(12)2/h7H,4-5H2,1-3H3,(H,13,14)(H,16,17). The highest BCUT2D eigenvalue weighted by atomic mass is 32.1. The van der Waals surface area contributed by atoms with Crippen molar-refractivity contribution in [3.8, 4) is 0 Å². The lowest BCUT2D eigenvalue weighted by Crippen LogP contribution is -2.41. The Morgan fingerprint density at radius 3 is 2.68 bits per heavy atom. The van der Waals surface area contributed by atoms with Gasteiger partial charge >= 0.3 is 5.97 Å². The Bertz CT molecular complexity index is 496. The summed E-state index contributed by atoms with van der Waals surface area (Å²) >= 11 is 1.08. The van der Waals surface area contributed by atoms with E-state index in [0.717, 1.165) is 17.8 Å². The van der Waals surface area contributed by atoms with E-state index < -0.39 is 5.97 Å². The Hall–Kier alpha value is -1.47. The number of aromatic carboxylic acids is 1. The van der Waals surface area contributed by atoms with E-state index in [-0.39, 0.29) is 28.0 Å². The van der Waals surface area contributed by atoms with E-state index >= 15 is 0 Å². The first kappa shape index (κ1) is 14.0. The third-order valence-corrected chi connectivity index (χ3v) is 4.50. The van der Waals surface area contributed by atoms with Crippen LogP contribution < -0.4 is 5.32 Å². The minimum Gasteiger partial charge on any atom is -0.476 e. The van der Waals surface area contributed by atoms with E-state index in [1.807, 2.05) is 13.8 Å². The van der Waals surface area contributed by atoms with Gasteiger partial charge in [-0.05, 0) is 20.3 Å². The van der Waals surface area contributed by atoms with Gasteiger partial charge in [-0.2, -0.15) is 0 Å². The third kappa shape index (κ3) is 2.62. The number of ketones is 1. The maximum atomic E-state index is 11.4. The molecule has 7 heteroatoms. The topological polar surface area (TPSA) is 88.5 Å². The summed E-state index contributed by atoms with van der Waals surface area (Å²) in [6, 6.07) is 0. The summed E-state index contributed by atoms with van der Waals surface area (Å²) in [5, 5.41) is 12.7. The van der Waals surface area contributed by atoms with Crippen molar-refractivity contribution in [2.45, 2.75) is 38.8 Å². The molecule has 1 aliphatic heterocycles. The van der Waals surface area contributed by atoms with Crippen LogP contribution in [-0.2, 0) is 4.74 Å². The van der Waals surface area contributed by atoms with Gasteiger partial charge in [-0.25, -0.2) is 9.78 Å². The highest BCUT2D eigenvalue weighted by molar-refractivity contribution is 7.17. The fourth-order valence-electron chi connectivity index (χ4n) is 2.00. The van der Waals surface area contributed by atoms with Gasteiger partial charge in [0.05, 0.1) is 11.6 Å². The number of ether oxygens (including phenoxy) is 1. The highest BCUT2D eigenvalue weighted by Crippen LogP contribution is 2.32. The van der Waals surface area contributed by atoms with Crippen LogP contribution in [0.25, 0.3) is 0 Å². The van der Waals surface area contributed by atoms with Crippen molar-refractivity contribution in [1.29, 1.82) is 0 Å². The second-order valence-electron chi connectivity index (χ2n) is 4.86. The van der Waals surface area contributed by atoms with Crippen LogP contribution in [0, 0.1) is 0 Å². The van der Waals surface area contributed by atoms with Gasteiger partial charge in [0.1, 0.15) is 4.88 Å². The molecule has 1 aromatic heterocycles. The fraction of sp³-hybridized carbons (Fsp3) is 0.583. The maximum Gasteiger partial charge on any atom is 0.356 e. The van der Waals surface area contributed by atoms with Gasteiger partial charge in [-0.15, -0.1) is 0 Å². The summed E-state index contributed by atoms with van der Waals surface area (Å²) in [4.78, 5) is 26.7. The zero-order chi connectivity index (χ0) is 14.2. The quantitative estimate of drug-likeness (QED) is 0.822. The molecule has 2 heterocycles. The van der Waals surface area contributed by atoms with E-state index in [9.17, 15) is 9.59 Å². The number of hydrogen-bond acceptors (Lipinski definition) is 6. The molecule has 0 spiro atoms. The summed E-state index contributed by atoms with van der Waals surface area (Å²) in [6.07, 6.45) is 0.816. The number of thiazole rings is 1. The third-order valence-electron chi connectivity index (χ3n) is 3.43. The van der Waals surface area contributed by atoms with E-state index in [1.54, 1.807) is 0 Å². The second-order valence-corrected chi connectivity index (χ2v) is 5.86. The molecule has 1 saturated heterocycles. The number of rotatable bonds is 4. The number of nitrogens with zero attached hydrogens (tertiary/aromatic N) is 1. The monoisotopic (exact) mass is 284 g/mol. The molecule has 1 aliphatic rings. The van der Waals surface area contributed by atoms with E-state index in [0.29, 0.717) is 11.7 Å². The molecule has 0 aromatic carbocycles. The van der Waals surface area contributed by atoms with Crippen molar-refractivity contribution in [2.24, 2.45) is 0 Å². The molecule has 0 aliphatic carbocycles. The Balaban J connectivity index is 2.29. The van der Waals surface area contributed by atoms with Gasteiger partial charge in [0.25, 0.3) is 0 Å². The molecule has 0 radical (unpaired) electrons. The van der Waals surface area contributed by atoms with Crippen LogP contribution >= 0.6 is 11.3 Å². The van der Waals surface area contributed by atoms with Crippen molar-refractivity contribution in [3.05, 3.63) is 10.6 Å². The second kappa shape index (κ2) is 4.90. The average Bonchev–Trinajstić information content (AvgIpc) is 2.85. The van der Waals surface area contributed by atoms with Gasteiger partial charge in [0.15, 0.2) is 16.6 Å². The normalized spacial score (nSPS) is 26.4. The lowest BCUT2D eigenvalue weighted by molar-refractivity contribution is 0.0687. The number of hydrogen-bond donors (Lipinski definition) is 2. The Morgan fingerprint density at radius 1 is 1.58 bits per heavy atom. The highest BCUT2D eigenvalue weighted by Gasteiger charge is 2.38. The fourth-order valence-corrected chi connectivity index (χ4v) is 2.99. The van der Waals surface area contributed by atoms with E-state index in [4.69, 9.17) is 9.84 Å². The lowest BCUT2D eigenvalue weighted by atomic mass is 9.95. The van der Waals surface area contributed by atoms with Crippen LogP contribution in [0.15, 0.2) is 0 Å². The maximum absolute atomic E-state index is 11.4. The smallest absolute Gasteiger partial charge is 0.356 e. The average molecular weight is 284 g/mol. The van der Waals surface area contributed by atoms with E-state index in [2.05, 4.69) is 10.3 Å². The zero-order valence-electron chi connectivity index (χ0n) is 11.0. The Kier molecular flexibility index (Phi) is 3.60. The number of carboxylic acids is 1. The molecule has 2 N–H and O–H groups in total. The van der Waals surface area contributed by atoms with Crippen molar-refractivity contribution in [2.75, 3.05) is 11.9 Å². The SMILES string of the molecule is CC(=O)c1sc(NC2(C)CCOC2C)nc1C(=O)O. The van der Waals surface area contributed by atoms with Gasteiger partial charge in [-0.3, -0.25) is 4.79 Å². The van der Waals surface area contributed by atoms with Gasteiger partial charge in [0, 0.05) is 13.5 Å². The lowest BCUT2D eigenvalue weighted by Gasteiger charge is -2.28. The zero-order valence-corrected chi connectivity index (χ0v) is 11.8. The molecule has 2 atom stereocenters.